The van der Waals surface area contributed by atoms with Crippen LogP contribution in [0.1, 0.15) is 38.9 Å². The van der Waals surface area contributed by atoms with Crippen molar-refractivity contribution in [3.05, 3.63) is 12.2 Å². The van der Waals surface area contributed by atoms with E-state index in [-0.39, 0.29) is 0 Å². The van der Waals surface area contributed by atoms with E-state index in [4.69, 9.17) is 4.74 Å². The van der Waals surface area contributed by atoms with Crippen molar-refractivity contribution in [3.63, 3.8) is 0 Å². The fourth-order valence-corrected chi connectivity index (χ4v) is 1.95. The number of methoxy groups -OCH3 is 1. The van der Waals surface area contributed by atoms with Gasteiger partial charge in [-0.1, -0.05) is 13.8 Å². The number of ether oxygens (including phenoxy) is 1. The molecule has 0 aromatic carbocycles. The average molecular weight is 254 g/mol. The zero-order valence-electron chi connectivity index (χ0n) is 11.9. The summed E-state index contributed by atoms with van der Waals surface area (Å²) in [6.45, 7) is 7.10. The van der Waals surface area contributed by atoms with Crippen LogP contribution in [0.4, 0.5) is 0 Å². The summed E-state index contributed by atoms with van der Waals surface area (Å²) in [5.41, 5.74) is 0. The lowest BCUT2D eigenvalue weighted by Gasteiger charge is -2.18. The Morgan fingerprint density at radius 3 is 2.89 bits per heavy atom. The molecule has 0 bridgehead atoms. The van der Waals surface area contributed by atoms with Crippen LogP contribution in [-0.4, -0.2) is 41.1 Å². The van der Waals surface area contributed by atoms with Gasteiger partial charge < -0.3 is 10.1 Å². The Kier molecular flexibility index (Phi) is 7.60. The lowest BCUT2D eigenvalue weighted by atomic mass is 10.1. The zero-order chi connectivity index (χ0) is 13.2. The van der Waals surface area contributed by atoms with E-state index in [9.17, 15) is 0 Å². The number of aryl methyl sites for hydroxylation is 1. The molecule has 1 N–H and O–H groups in total. The molecule has 1 unspecified atom stereocenters. The van der Waals surface area contributed by atoms with Crippen LogP contribution in [-0.2, 0) is 17.7 Å². The Balaban J connectivity index is 2.53. The molecule has 0 aliphatic carbocycles. The minimum atomic E-state index is 0.421. The van der Waals surface area contributed by atoms with E-state index in [0.29, 0.717) is 6.04 Å². The van der Waals surface area contributed by atoms with Gasteiger partial charge >= 0.3 is 0 Å². The number of rotatable bonds is 10. The van der Waals surface area contributed by atoms with Crippen LogP contribution in [0.5, 0.6) is 0 Å². The summed E-state index contributed by atoms with van der Waals surface area (Å²) in [6.07, 6.45) is 5.81. The Hall–Kier alpha value is -0.940. The molecule has 0 spiro atoms. The third-order valence-corrected chi connectivity index (χ3v) is 2.91. The molecule has 1 atom stereocenters. The Morgan fingerprint density at radius 2 is 2.22 bits per heavy atom. The molecule has 5 nitrogen and oxygen atoms in total. The molecule has 1 aromatic rings. The SMILES string of the molecule is CCCNC(CCOC)Cc1ncnn1CCC. The van der Waals surface area contributed by atoms with Crippen molar-refractivity contribution in [2.45, 2.75) is 52.1 Å². The van der Waals surface area contributed by atoms with E-state index >= 15 is 0 Å². The van der Waals surface area contributed by atoms with Gasteiger partial charge in [0.05, 0.1) is 0 Å². The quantitative estimate of drug-likeness (QED) is 0.689. The molecule has 0 aliphatic heterocycles. The van der Waals surface area contributed by atoms with Gasteiger partial charge in [0.1, 0.15) is 12.2 Å². The topological polar surface area (TPSA) is 52.0 Å². The standard InChI is InChI=1S/C13H26N4O/c1-4-7-14-12(6-9-18-3)10-13-15-11-16-17(13)8-5-2/h11-12,14H,4-10H2,1-3H3. The number of nitrogens with zero attached hydrogens (tertiary/aromatic N) is 3. The van der Waals surface area contributed by atoms with Gasteiger partial charge in [-0.15, -0.1) is 0 Å². The summed E-state index contributed by atoms with van der Waals surface area (Å²) >= 11 is 0. The maximum Gasteiger partial charge on any atom is 0.138 e. The van der Waals surface area contributed by atoms with Gasteiger partial charge in [0, 0.05) is 32.7 Å². The van der Waals surface area contributed by atoms with Crippen molar-refractivity contribution >= 4 is 0 Å². The van der Waals surface area contributed by atoms with Crippen molar-refractivity contribution in [1.82, 2.24) is 20.1 Å². The predicted octanol–water partition coefficient (Wildman–Crippen LogP) is 1.64. The molecular weight excluding hydrogens is 228 g/mol. The van der Waals surface area contributed by atoms with E-state index in [2.05, 4.69) is 29.2 Å². The van der Waals surface area contributed by atoms with E-state index in [0.717, 1.165) is 51.2 Å². The Labute approximate surface area is 110 Å². The first kappa shape index (κ1) is 15.1. The molecule has 0 aliphatic rings. The molecule has 1 heterocycles. The Bertz CT molecular complexity index is 306. The number of aromatic nitrogens is 3. The monoisotopic (exact) mass is 254 g/mol. The van der Waals surface area contributed by atoms with Crippen LogP contribution in [0.25, 0.3) is 0 Å². The van der Waals surface area contributed by atoms with Gasteiger partial charge in [-0.3, -0.25) is 4.68 Å². The van der Waals surface area contributed by atoms with E-state index < -0.39 is 0 Å². The maximum absolute atomic E-state index is 5.17. The summed E-state index contributed by atoms with van der Waals surface area (Å²) in [5.74, 6) is 1.07. The first-order valence-corrected chi connectivity index (χ1v) is 6.90. The van der Waals surface area contributed by atoms with Crippen LogP contribution in [0.3, 0.4) is 0 Å². The second kappa shape index (κ2) is 9.05. The van der Waals surface area contributed by atoms with Crippen LogP contribution in [0, 0.1) is 0 Å². The highest BCUT2D eigenvalue weighted by molar-refractivity contribution is 4.90. The van der Waals surface area contributed by atoms with Crippen molar-refractivity contribution in [2.24, 2.45) is 0 Å². The highest BCUT2D eigenvalue weighted by Gasteiger charge is 2.12. The normalized spacial score (nSPS) is 12.8. The van der Waals surface area contributed by atoms with Crippen molar-refractivity contribution in [1.29, 1.82) is 0 Å². The molecule has 0 saturated heterocycles. The first-order chi connectivity index (χ1) is 8.81. The van der Waals surface area contributed by atoms with E-state index in [1.165, 1.54) is 0 Å². The number of hydrogen-bond donors (Lipinski definition) is 1. The summed E-state index contributed by atoms with van der Waals surface area (Å²) in [4.78, 5) is 4.36. The molecule has 0 amide bonds. The molecular formula is C13H26N4O. The summed E-state index contributed by atoms with van der Waals surface area (Å²) < 4.78 is 7.17. The van der Waals surface area contributed by atoms with Crippen LogP contribution in [0.2, 0.25) is 0 Å². The van der Waals surface area contributed by atoms with Gasteiger partial charge in [0.15, 0.2) is 0 Å². The van der Waals surface area contributed by atoms with Crippen LogP contribution in [0.15, 0.2) is 6.33 Å². The van der Waals surface area contributed by atoms with E-state index in [1.54, 1.807) is 13.4 Å². The summed E-state index contributed by atoms with van der Waals surface area (Å²) in [6, 6.07) is 0.421. The second-order valence-electron chi connectivity index (χ2n) is 4.54. The summed E-state index contributed by atoms with van der Waals surface area (Å²) in [5, 5.41) is 7.82. The molecule has 0 saturated carbocycles. The second-order valence-corrected chi connectivity index (χ2v) is 4.54. The fraction of sp³-hybridized carbons (Fsp3) is 0.846. The highest BCUT2D eigenvalue weighted by atomic mass is 16.5. The van der Waals surface area contributed by atoms with Gasteiger partial charge in [0.25, 0.3) is 0 Å². The largest absolute Gasteiger partial charge is 0.385 e. The molecule has 0 radical (unpaired) electrons. The van der Waals surface area contributed by atoms with Crippen LogP contribution < -0.4 is 5.32 Å². The number of hydrogen-bond acceptors (Lipinski definition) is 4. The molecule has 1 aromatic heterocycles. The smallest absolute Gasteiger partial charge is 0.138 e. The van der Waals surface area contributed by atoms with Crippen molar-refractivity contribution < 1.29 is 4.74 Å². The maximum atomic E-state index is 5.17. The summed E-state index contributed by atoms with van der Waals surface area (Å²) in [7, 11) is 1.75. The fourth-order valence-electron chi connectivity index (χ4n) is 1.95. The molecule has 1 rings (SSSR count). The first-order valence-electron chi connectivity index (χ1n) is 6.90. The lowest BCUT2D eigenvalue weighted by Crippen LogP contribution is -2.34. The van der Waals surface area contributed by atoms with Crippen LogP contribution >= 0.6 is 0 Å². The zero-order valence-corrected chi connectivity index (χ0v) is 11.9. The van der Waals surface area contributed by atoms with Gasteiger partial charge in [-0.05, 0) is 25.8 Å². The van der Waals surface area contributed by atoms with Gasteiger partial charge in [-0.2, -0.15) is 5.10 Å². The minimum absolute atomic E-state index is 0.421. The van der Waals surface area contributed by atoms with Gasteiger partial charge in [0.2, 0.25) is 0 Å². The number of nitrogens with one attached hydrogen (secondary N) is 1. The van der Waals surface area contributed by atoms with Gasteiger partial charge in [-0.25, -0.2) is 4.98 Å². The molecule has 104 valence electrons. The molecule has 0 fully saturated rings. The van der Waals surface area contributed by atoms with E-state index in [1.807, 2.05) is 4.68 Å². The predicted molar refractivity (Wildman–Crippen MR) is 72.6 cm³/mol. The highest BCUT2D eigenvalue weighted by Crippen LogP contribution is 2.04. The average Bonchev–Trinajstić information content (AvgIpc) is 2.80. The lowest BCUT2D eigenvalue weighted by molar-refractivity contribution is 0.182. The third-order valence-electron chi connectivity index (χ3n) is 2.91. The minimum Gasteiger partial charge on any atom is -0.385 e. The van der Waals surface area contributed by atoms with Crippen molar-refractivity contribution in [3.8, 4) is 0 Å². The Morgan fingerprint density at radius 1 is 1.39 bits per heavy atom. The molecule has 18 heavy (non-hydrogen) atoms. The molecule has 5 heteroatoms. The van der Waals surface area contributed by atoms with Crippen molar-refractivity contribution in [2.75, 3.05) is 20.3 Å². The third kappa shape index (κ3) is 5.14.